The van der Waals surface area contributed by atoms with Crippen molar-refractivity contribution in [2.75, 3.05) is 13.1 Å². The Morgan fingerprint density at radius 2 is 2.09 bits per heavy atom. The van der Waals surface area contributed by atoms with Crippen molar-refractivity contribution in [3.05, 3.63) is 35.1 Å². The number of benzene rings is 1. The van der Waals surface area contributed by atoms with Crippen molar-refractivity contribution >= 4 is 12.0 Å². The van der Waals surface area contributed by atoms with Crippen LogP contribution in [-0.4, -0.2) is 35.1 Å². The predicted molar refractivity (Wildman–Crippen MR) is 82.5 cm³/mol. The summed E-state index contributed by atoms with van der Waals surface area (Å²) in [6.45, 7) is 0.868. The molecule has 0 bridgehead atoms. The van der Waals surface area contributed by atoms with Crippen LogP contribution in [0.2, 0.25) is 0 Å². The Morgan fingerprint density at radius 1 is 1.30 bits per heavy atom. The minimum absolute atomic E-state index is 0.115. The largest absolute Gasteiger partial charge is 0.481 e. The molecule has 5 nitrogen and oxygen atoms in total. The quantitative estimate of drug-likeness (QED) is 0.896. The van der Waals surface area contributed by atoms with E-state index in [1.54, 1.807) is 12.1 Å². The minimum Gasteiger partial charge on any atom is -0.481 e. The van der Waals surface area contributed by atoms with Gasteiger partial charge in [-0.1, -0.05) is 12.1 Å². The van der Waals surface area contributed by atoms with E-state index in [1.165, 1.54) is 4.90 Å². The van der Waals surface area contributed by atoms with Gasteiger partial charge in [-0.05, 0) is 43.2 Å². The zero-order valence-electron chi connectivity index (χ0n) is 12.9. The second kappa shape index (κ2) is 6.56. The zero-order chi connectivity index (χ0) is 16.4. The summed E-state index contributed by atoms with van der Waals surface area (Å²) in [7, 11) is 0. The van der Waals surface area contributed by atoms with Gasteiger partial charge in [-0.25, -0.2) is 9.18 Å². The molecule has 1 saturated heterocycles. The smallest absolute Gasteiger partial charge is 0.317 e. The van der Waals surface area contributed by atoms with Crippen molar-refractivity contribution in [3.8, 4) is 0 Å². The molecule has 1 aliphatic carbocycles. The SMILES string of the molecule is O=C(O)C1CCCN(C(=O)NCc2ccc(C3CC3)cc2F)C1. The van der Waals surface area contributed by atoms with Crippen molar-refractivity contribution in [3.63, 3.8) is 0 Å². The van der Waals surface area contributed by atoms with Gasteiger partial charge in [-0.2, -0.15) is 0 Å². The number of carbonyl (C=O) groups is 2. The molecule has 2 fully saturated rings. The highest BCUT2D eigenvalue weighted by Crippen LogP contribution is 2.40. The fourth-order valence-electron chi connectivity index (χ4n) is 3.02. The van der Waals surface area contributed by atoms with Crippen molar-refractivity contribution in [2.24, 2.45) is 5.92 Å². The lowest BCUT2D eigenvalue weighted by Gasteiger charge is -2.30. The first-order chi connectivity index (χ1) is 11.0. The molecule has 2 aliphatic rings. The summed E-state index contributed by atoms with van der Waals surface area (Å²) in [4.78, 5) is 24.7. The number of rotatable bonds is 4. The van der Waals surface area contributed by atoms with E-state index < -0.39 is 11.9 Å². The molecule has 1 heterocycles. The maximum atomic E-state index is 14.1. The molecule has 23 heavy (non-hydrogen) atoms. The van der Waals surface area contributed by atoms with E-state index in [2.05, 4.69) is 5.32 Å². The van der Waals surface area contributed by atoms with Crippen LogP contribution in [0.4, 0.5) is 9.18 Å². The van der Waals surface area contributed by atoms with Gasteiger partial charge in [0.2, 0.25) is 0 Å². The lowest BCUT2D eigenvalue weighted by molar-refractivity contribution is -0.143. The van der Waals surface area contributed by atoms with E-state index in [0.717, 1.165) is 18.4 Å². The van der Waals surface area contributed by atoms with Crippen LogP contribution in [0.15, 0.2) is 18.2 Å². The zero-order valence-corrected chi connectivity index (χ0v) is 12.9. The molecule has 6 heteroatoms. The number of hydrogen-bond donors (Lipinski definition) is 2. The molecule has 124 valence electrons. The molecule has 1 unspecified atom stereocenters. The number of piperidine rings is 1. The number of hydrogen-bond acceptors (Lipinski definition) is 2. The molecular formula is C17H21FN2O3. The highest BCUT2D eigenvalue weighted by Gasteiger charge is 2.28. The Labute approximate surface area is 134 Å². The van der Waals surface area contributed by atoms with Crippen LogP contribution in [0.1, 0.15) is 42.7 Å². The van der Waals surface area contributed by atoms with Crippen LogP contribution >= 0.6 is 0 Å². The fraction of sp³-hybridized carbons (Fsp3) is 0.529. The first-order valence-electron chi connectivity index (χ1n) is 8.08. The molecule has 3 rings (SSSR count). The number of carboxylic acid groups (broad SMARTS) is 1. The van der Waals surface area contributed by atoms with Crippen molar-refractivity contribution in [1.29, 1.82) is 0 Å². The van der Waals surface area contributed by atoms with Crippen LogP contribution in [0.25, 0.3) is 0 Å². The standard InChI is InChI=1S/C17H21FN2O3/c18-15-8-12(11-3-4-11)5-6-13(15)9-19-17(23)20-7-1-2-14(10-20)16(21)22/h5-6,8,11,14H,1-4,7,9-10H2,(H,19,23)(H,21,22). The first-order valence-corrected chi connectivity index (χ1v) is 8.08. The summed E-state index contributed by atoms with van der Waals surface area (Å²) < 4.78 is 14.1. The molecule has 0 radical (unpaired) electrons. The highest BCUT2D eigenvalue weighted by molar-refractivity contribution is 5.76. The Kier molecular flexibility index (Phi) is 4.50. The fourth-order valence-corrected chi connectivity index (χ4v) is 3.02. The Bertz CT molecular complexity index is 616. The number of likely N-dealkylation sites (tertiary alicyclic amines) is 1. The van der Waals surface area contributed by atoms with Crippen molar-refractivity contribution in [2.45, 2.75) is 38.1 Å². The number of carboxylic acids is 1. The Hall–Kier alpha value is -2.11. The molecule has 2 N–H and O–H groups in total. The lowest BCUT2D eigenvalue weighted by Crippen LogP contribution is -2.46. The van der Waals surface area contributed by atoms with Crippen LogP contribution < -0.4 is 5.32 Å². The first kappa shape index (κ1) is 15.8. The average Bonchev–Trinajstić information content (AvgIpc) is 3.38. The second-order valence-electron chi connectivity index (χ2n) is 6.41. The van der Waals surface area contributed by atoms with Gasteiger partial charge >= 0.3 is 12.0 Å². The van der Waals surface area contributed by atoms with Crippen LogP contribution in [0, 0.1) is 11.7 Å². The molecule has 2 amide bonds. The van der Waals surface area contributed by atoms with E-state index in [4.69, 9.17) is 5.11 Å². The summed E-state index contributed by atoms with van der Waals surface area (Å²) in [6.07, 6.45) is 3.51. The summed E-state index contributed by atoms with van der Waals surface area (Å²) in [5.41, 5.74) is 1.48. The number of carbonyl (C=O) groups excluding carboxylic acids is 1. The van der Waals surface area contributed by atoms with E-state index in [-0.39, 0.29) is 24.9 Å². The molecule has 0 aromatic heterocycles. The topological polar surface area (TPSA) is 69.6 Å². The van der Waals surface area contributed by atoms with Gasteiger partial charge < -0.3 is 15.3 Å². The summed E-state index contributed by atoms with van der Waals surface area (Å²) in [5, 5.41) is 11.7. The van der Waals surface area contributed by atoms with Gasteiger partial charge in [-0.3, -0.25) is 4.79 Å². The number of amides is 2. The summed E-state index contributed by atoms with van der Waals surface area (Å²) in [6, 6.07) is 4.87. The summed E-state index contributed by atoms with van der Waals surface area (Å²) >= 11 is 0. The number of halogens is 1. The maximum Gasteiger partial charge on any atom is 0.317 e. The average molecular weight is 320 g/mol. The van der Waals surface area contributed by atoms with Crippen molar-refractivity contribution < 1.29 is 19.1 Å². The van der Waals surface area contributed by atoms with Gasteiger partial charge in [0, 0.05) is 25.2 Å². The van der Waals surface area contributed by atoms with Gasteiger partial charge in [0.05, 0.1) is 5.92 Å². The monoisotopic (exact) mass is 320 g/mol. The van der Waals surface area contributed by atoms with Crippen LogP contribution in [0.5, 0.6) is 0 Å². The van der Waals surface area contributed by atoms with E-state index >= 15 is 0 Å². The van der Waals surface area contributed by atoms with Gasteiger partial charge in [0.1, 0.15) is 5.82 Å². The van der Waals surface area contributed by atoms with E-state index in [0.29, 0.717) is 30.9 Å². The van der Waals surface area contributed by atoms with Gasteiger partial charge in [0.15, 0.2) is 0 Å². The third kappa shape index (κ3) is 3.81. The Balaban J connectivity index is 1.55. The third-order valence-corrected chi connectivity index (χ3v) is 4.61. The lowest BCUT2D eigenvalue weighted by atomic mass is 9.99. The minimum atomic E-state index is -0.871. The molecule has 0 spiro atoms. The highest BCUT2D eigenvalue weighted by atomic mass is 19.1. The number of urea groups is 1. The second-order valence-corrected chi connectivity index (χ2v) is 6.41. The molecule has 1 atom stereocenters. The third-order valence-electron chi connectivity index (χ3n) is 4.61. The molecular weight excluding hydrogens is 299 g/mol. The van der Waals surface area contributed by atoms with Crippen LogP contribution in [0.3, 0.4) is 0 Å². The molecule has 1 aromatic rings. The maximum absolute atomic E-state index is 14.1. The van der Waals surface area contributed by atoms with Gasteiger partial charge in [0.25, 0.3) is 0 Å². The van der Waals surface area contributed by atoms with E-state index in [1.807, 2.05) is 6.07 Å². The number of aliphatic carboxylic acids is 1. The van der Waals surface area contributed by atoms with Crippen LogP contribution in [-0.2, 0) is 11.3 Å². The normalized spacial score (nSPS) is 21.1. The number of nitrogens with zero attached hydrogens (tertiary/aromatic N) is 1. The van der Waals surface area contributed by atoms with Crippen molar-refractivity contribution in [1.82, 2.24) is 10.2 Å². The summed E-state index contributed by atoms with van der Waals surface area (Å²) in [5.74, 6) is -1.18. The van der Waals surface area contributed by atoms with E-state index in [9.17, 15) is 14.0 Å². The molecule has 1 aromatic carbocycles. The predicted octanol–water partition coefficient (Wildman–Crippen LogP) is 2.71. The number of nitrogens with one attached hydrogen (secondary N) is 1. The Morgan fingerprint density at radius 3 is 2.74 bits per heavy atom. The van der Waals surface area contributed by atoms with Gasteiger partial charge in [-0.15, -0.1) is 0 Å². The molecule has 1 aliphatic heterocycles. The molecule has 1 saturated carbocycles.